The lowest BCUT2D eigenvalue weighted by molar-refractivity contribution is -0.138. The molecule has 0 aromatic carbocycles. The fourth-order valence-corrected chi connectivity index (χ4v) is 1.72. The van der Waals surface area contributed by atoms with Gasteiger partial charge in [0.25, 0.3) is 0 Å². The van der Waals surface area contributed by atoms with Crippen molar-refractivity contribution >= 4 is 11.8 Å². The molecule has 4 nitrogen and oxygen atoms in total. The smallest absolute Gasteiger partial charge is 0.229 e. The second-order valence-electron chi connectivity index (χ2n) is 4.88. The van der Waals surface area contributed by atoms with E-state index in [0.29, 0.717) is 19.4 Å². The Kier molecular flexibility index (Phi) is 3.85. The summed E-state index contributed by atoms with van der Waals surface area (Å²) in [6, 6.07) is 0. The number of unbranched alkanes of at least 4 members (excludes halogenated alkanes) is 1. The largest absolute Gasteiger partial charge is 0.326 e. The Labute approximate surface area is 90.8 Å². The van der Waals surface area contributed by atoms with E-state index in [1.807, 2.05) is 13.8 Å². The molecule has 0 saturated carbocycles. The predicted octanol–water partition coefficient (Wildman–Crippen LogP) is 1.04. The standard InChI is InChI=1S/C11H20N2O2/c1-11(2,12)7-3-4-8-13-9(14)5-6-10(13)15/h3-8,12H2,1-2H3. The lowest BCUT2D eigenvalue weighted by Gasteiger charge is -2.19. The second kappa shape index (κ2) is 4.75. The molecule has 0 radical (unpaired) electrons. The van der Waals surface area contributed by atoms with Crippen LogP contribution in [0, 0.1) is 0 Å². The van der Waals surface area contributed by atoms with Crippen LogP contribution in [-0.4, -0.2) is 28.8 Å². The van der Waals surface area contributed by atoms with Gasteiger partial charge in [-0.25, -0.2) is 0 Å². The molecule has 0 bridgehead atoms. The van der Waals surface area contributed by atoms with E-state index < -0.39 is 0 Å². The first-order chi connectivity index (χ1) is 6.90. The van der Waals surface area contributed by atoms with Crippen molar-refractivity contribution in [2.45, 2.75) is 51.5 Å². The molecule has 0 atom stereocenters. The highest BCUT2D eigenvalue weighted by molar-refractivity contribution is 6.01. The summed E-state index contributed by atoms with van der Waals surface area (Å²) in [5.74, 6) is -0.0426. The van der Waals surface area contributed by atoms with Crippen LogP contribution in [-0.2, 0) is 9.59 Å². The number of nitrogens with zero attached hydrogens (tertiary/aromatic N) is 1. The van der Waals surface area contributed by atoms with Gasteiger partial charge >= 0.3 is 0 Å². The van der Waals surface area contributed by atoms with Gasteiger partial charge in [-0.1, -0.05) is 0 Å². The van der Waals surface area contributed by atoms with Crippen LogP contribution in [0.15, 0.2) is 0 Å². The van der Waals surface area contributed by atoms with Crippen molar-refractivity contribution in [3.8, 4) is 0 Å². The van der Waals surface area contributed by atoms with Crippen molar-refractivity contribution in [3.63, 3.8) is 0 Å². The van der Waals surface area contributed by atoms with Gasteiger partial charge in [-0.05, 0) is 33.1 Å². The molecule has 2 N–H and O–H groups in total. The van der Waals surface area contributed by atoms with Gasteiger partial charge in [0.05, 0.1) is 0 Å². The maximum atomic E-state index is 11.3. The van der Waals surface area contributed by atoms with Gasteiger partial charge in [-0.15, -0.1) is 0 Å². The van der Waals surface area contributed by atoms with Crippen LogP contribution in [0.5, 0.6) is 0 Å². The summed E-state index contributed by atoms with van der Waals surface area (Å²) in [7, 11) is 0. The molecule has 1 heterocycles. The minimum absolute atomic E-state index is 0.0213. The Morgan fingerprint density at radius 2 is 1.73 bits per heavy atom. The van der Waals surface area contributed by atoms with Gasteiger partial charge in [0.1, 0.15) is 0 Å². The van der Waals surface area contributed by atoms with E-state index in [0.717, 1.165) is 19.3 Å². The lowest BCUT2D eigenvalue weighted by atomic mass is 9.99. The Bertz CT molecular complexity index is 240. The van der Waals surface area contributed by atoms with Gasteiger partial charge in [0.2, 0.25) is 11.8 Å². The number of imide groups is 1. The van der Waals surface area contributed by atoms with Crippen molar-refractivity contribution in [3.05, 3.63) is 0 Å². The Morgan fingerprint density at radius 1 is 1.20 bits per heavy atom. The number of rotatable bonds is 5. The molecular weight excluding hydrogens is 192 g/mol. The van der Waals surface area contributed by atoms with Crippen molar-refractivity contribution in [1.82, 2.24) is 4.90 Å². The number of amides is 2. The average molecular weight is 212 g/mol. The number of nitrogens with two attached hydrogens (primary N) is 1. The summed E-state index contributed by atoms with van der Waals surface area (Å²) >= 11 is 0. The van der Waals surface area contributed by atoms with Crippen molar-refractivity contribution in [2.24, 2.45) is 5.73 Å². The first-order valence-electron chi connectivity index (χ1n) is 5.52. The molecule has 1 saturated heterocycles. The van der Waals surface area contributed by atoms with Gasteiger partial charge in [0.15, 0.2) is 0 Å². The average Bonchev–Trinajstić information content (AvgIpc) is 2.40. The minimum atomic E-state index is -0.154. The number of carbonyl (C=O) groups is 2. The second-order valence-corrected chi connectivity index (χ2v) is 4.88. The van der Waals surface area contributed by atoms with Crippen LogP contribution in [0.4, 0.5) is 0 Å². The summed E-state index contributed by atoms with van der Waals surface area (Å²) in [6.45, 7) is 4.53. The van der Waals surface area contributed by atoms with Crippen LogP contribution in [0.3, 0.4) is 0 Å². The number of hydrogen-bond donors (Lipinski definition) is 1. The Morgan fingerprint density at radius 3 is 2.20 bits per heavy atom. The van der Waals surface area contributed by atoms with E-state index in [4.69, 9.17) is 5.73 Å². The quantitative estimate of drug-likeness (QED) is 0.547. The van der Waals surface area contributed by atoms with E-state index in [1.54, 1.807) is 0 Å². The van der Waals surface area contributed by atoms with Crippen LogP contribution >= 0.6 is 0 Å². The van der Waals surface area contributed by atoms with E-state index in [-0.39, 0.29) is 17.4 Å². The third-order valence-electron chi connectivity index (χ3n) is 2.61. The van der Waals surface area contributed by atoms with Gasteiger partial charge < -0.3 is 5.73 Å². The fraction of sp³-hybridized carbons (Fsp3) is 0.818. The molecule has 1 aliphatic rings. The predicted molar refractivity (Wildman–Crippen MR) is 58.1 cm³/mol. The Balaban J connectivity index is 2.20. The topological polar surface area (TPSA) is 63.4 Å². The number of hydrogen-bond acceptors (Lipinski definition) is 3. The number of likely N-dealkylation sites (tertiary alicyclic amines) is 1. The zero-order valence-corrected chi connectivity index (χ0v) is 9.58. The van der Waals surface area contributed by atoms with Crippen LogP contribution in [0.2, 0.25) is 0 Å². The van der Waals surface area contributed by atoms with E-state index >= 15 is 0 Å². The summed E-state index contributed by atoms with van der Waals surface area (Å²) < 4.78 is 0. The van der Waals surface area contributed by atoms with Gasteiger partial charge in [0, 0.05) is 24.9 Å². The highest BCUT2D eigenvalue weighted by atomic mass is 16.2. The molecule has 1 fully saturated rings. The molecule has 15 heavy (non-hydrogen) atoms. The molecule has 1 aliphatic heterocycles. The zero-order valence-electron chi connectivity index (χ0n) is 9.58. The molecule has 0 aliphatic carbocycles. The SMILES string of the molecule is CC(C)(N)CCCCN1C(=O)CCC1=O. The van der Waals surface area contributed by atoms with E-state index in [2.05, 4.69) is 0 Å². The highest BCUT2D eigenvalue weighted by Crippen LogP contribution is 2.14. The minimum Gasteiger partial charge on any atom is -0.326 e. The molecule has 1 rings (SSSR count). The molecule has 0 aromatic rings. The Hall–Kier alpha value is -0.900. The first-order valence-corrected chi connectivity index (χ1v) is 5.52. The maximum Gasteiger partial charge on any atom is 0.229 e. The van der Waals surface area contributed by atoms with Gasteiger partial charge in [-0.2, -0.15) is 0 Å². The molecule has 0 unspecified atom stereocenters. The molecule has 86 valence electrons. The van der Waals surface area contributed by atoms with Gasteiger partial charge in [-0.3, -0.25) is 14.5 Å². The molecular formula is C11H20N2O2. The third kappa shape index (κ3) is 4.00. The molecule has 2 amide bonds. The molecule has 0 spiro atoms. The van der Waals surface area contributed by atoms with Crippen LogP contribution < -0.4 is 5.73 Å². The highest BCUT2D eigenvalue weighted by Gasteiger charge is 2.27. The van der Waals surface area contributed by atoms with Crippen molar-refractivity contribution < 1.29 is 9.59 Å². The van der Waals surface area contributed by atoms with Crippen LogP contribution in [0.1, 0.15) is 46.0 Å². The number of carbonyl (C=O) groups excluding carboxylic acids is 2. The fourth-order valence-electron chi connectivity index (χ4n) is 1.72. The third-order valence-corrected chi connectivity index (χ3v) is 2.61. The normalized spacial score (nSPS) is 17.7. The zero-order chi connectivity index (χ0) is 11.5. The monoisotopic (exact) mass is 212 g/mol. The summed E-state index contributed by atoms with van der Waals surface area (Å²) in [5.41, 5.74) is 5.68. The van der Waals surface area contributed by atoms with Crippen molar-refractivity contribution in [1.29, 1.82) is 0 Å². The van der Waals surface area contributed by atoms with Crippen molar-refractivity contribution in [2.75, 3.05) is 6.54 Å². The van der Waals surface area contributed by atoms with Crippen LogP contribution in [0.25, 0.3) is 0 Å². The molecule has 4 heteroatoms. The first kappa shape index (κ1) is 12.2. The molecule has 0 aromatic heterocycles. The summed E-state index contributed by atoms with van der Waals surface area (Å²) in [5, 5.41) is 0. The lowest BCUT2D eigenvalue weighted by Crippen LogP contribution is -2.33. The summed E-state index contributed by atoms with van der Waals surface area (Å²) in [4.78, 5) is 23.9. The summed E-state index contributed by atoms with van der Waals surface area (Å²) in [6.07, 6.45) is 3.52. The van der Waals surface area contributed by atoms with E-state index in [1.165, 1.54) is 4.90 Å². The maximum absolute atomic E-state index is 11.3. The van der Waals surface area contributed by atoms with E-state index in [9.17, 15) is 9.59 Å².